The first-order valence-electron chi connectivity index (χ1n) is 6.68. The van der Waals surface area contributed by atoms with Crippen LogP contribution in [-0.4, -0.2) is 19.0 Å². The van der Waals surface area contributed by atoms with Gasteiger partial charge in [0, 0.05) is 5.56 Å². The molecule has 102 valence electrons. The van der Waals surface area contributed by atoms with Crippen LogP contribution >= 0.6 is 0 Å². The minimum absolute atomic E-state index is 0.0680. The number of benzene rings is 1. The van der Waals surface area contributed by atoms with E-state index in [1.165, 1.54) is 24.3 Å². The third-order valence-electron chi connectivity index (χ3n) is 3.65. The SMILES string of the molecule is CC1CC=CCC1COCC(=O)c1ccc(F)cc1. The molecule has 2 unspecified atom stereocenters. The van der Waals surface area contributed by atoms with Gasteiger partial charge in [-0.2, -0.15) is 0 Å². The van der Waals surface area contributed by atoms with Gasteiger partial charge in [-0.25, -0.2) is 4.39 Å². The number of ketones is 1. The predicted molar refractivity (Wildman–Crippen MR) is 72.6 cm³/mol. The maximum absolute atomic E-state index is 12.7. The Kier molecular flexibility index (Phi) is 4.86. The van der Waals surface area contributed by atoms with E-state index in [2.05, 4.69) is 19.1 Å². The van der Waals surface area contributed by atoms with Gasteiger partial charge in [-0.1, -0.05) is 19.1 Å². The molecule has 1 aromatic carbocycles. The Bertz CT molecular complexity index is 450. The number of ether oxygens (including phenoxy) is 1. The highest BCUT2D eigenvalue weighted by molar-refractivity contribution is 5.97. The standard InChI is InChI=1S/C16H19FO2/c1-12-4-2-3-5-14(12)10-19-11-16(18)13-6-8-15(17)9-7-13/h2-3,6-9,12,14H,4-5,10-11H2,1H3. The van der Waals surface area contributed by atoms with Crippen LogP contribution in [0.5, 0.6) is 0 Å². The van der Waals surface area contributed by atoms with E-state index in [1.54, 1.807) is 0 Å². The molecule has 0 radical (unpaired) electrons. The number of carbonyl (C=O) groups is 1. The molecule has 3 heteroatoms. The monoisotopic (exact) mass is 262 g/mol. The van der Waals surface area contributed by atoms with Crippen LogP contribution in [0.1, 0.15) is 30.1 Å². The topological polar surface area (TPSA) is 26.3 Å². The smallest absolute Gasteiger partial charge is 0.188 e. The highest BCUT2D eigenvalue weighted by atomic mass is 19.1. The van der Waals surface area contributed by atoms with E-state index in [1.807, 2.05) is 0 Å². The molecule has 0 bridgehead atoms. The normalized spacial score (nSPS) is 22.4. The molecule has 1 aliphatic rings. The fraction of sp³-hybridized carbons (Fsp3) is 0.438. The van der Waals surface area contributed by atoms with Crippen molar-refractivity contribution in [1.29, 1.82) is 0 Å². The molecule has 2 atom stereocenters. The fourth-order valence-corrected chi connectivity index (χ4v) is 2.26. The molecule has 2 rings (SSSR count). The van der Waals surface area contributed by atoms with Crippen molar-refractivity contribution in [3.05, 3.63) is 47.8 Å². The van der Waals surface area contributed by atoms with Crippen LogP contribution in [0.4, 0.5) is 4.39 Å². The number of Topliss-reactive ketones (excluding diaryl/α,β-unsaturated/α-hetero) is 1. The number of hydrogen-bond acceptors (Lipinski definition) is 2. The lowest BCUT2D eigenvalue weighted by molar-refractivity contribution is 0.0602. The van der Waals surface area contributed by atoms with Crippen LogP contribution in [-0.2, 0) is 4.74 Å². The van der Waals surface area contributed by atoms with Gasteiger partial charge >= 0.3 is 0 Å². The molecular formula is C16H19FO2. The lowest BCUT2D eigenvalue weighted by atomic mass is 9.85. The molecule has 0 saturated heterocycles. The summed E-state index contributed by atoms with van der Waals surface area (Å²) in [6.07, 6.45) is 6.48. The van der Waals surface area contributed by atoms with Crippen molar-refractivity contribution in [2.24, 2.45) is 11.8 Å². The number of rotatable bonds is 5. The Balaban J connectivity index is 1.77. The van der Waals surface area contributed by atoms with Gasteiger partial charge in [0.05, 0.1) is 6.61 Å². The summed E-state index contributed by atoms with van der Waals surface area (Å²) >= 11 is 0. The highest BCUT2D eigenvalue weighted by Gasteiger charge is 2.18. The zero-order chi connectivity index (χ0) is 13.7. The molecule has 0 N–H and O–H groups in total. The minimum atomic E-state index is -0.333. The van der Waals surface area contributed by atoms with Crippen LogP contribution in [0, 0.1) is 17.7 Å². The van der Waals surface area contributed by atoms with Crippen LogP contribution in [0.2, 0.25) is 0 Å². The van der Waals surface area contributed by atoms with E-state index in [0.29, 0.717) is 24.0 Å². The fourth-order valence-electron chi connectivity index (χ4n) is 2.26. The summed E-state index contributed by atoms with van der Waals surface area (Å²) in [6.45, 7) is 2.89. The number of carbonyl (C=O) groups excluding carboxylic acids is 1. The van der Waals surface area contributed by atoms with Gasteiger partial charge in [-0.15, -0.1) is 0 Å². The van der Waals surface area contributed by atoms with Gasteiger partial charge < -0.3 is 4.74 Å². The first kappa shape index (κ1) is 13.9. The minimum Gasteiger partial charge on any atom is -0.373 e. The second-order valence-electron chi connectivity index (χ2n) is 5.13. The Morgan fingerprint density at radius 2 is 1.95 bits per heavy atom. The van der Waals surface area contributed by atoms with E-state index in [4.69, 9.17) is 4.74 Å². The second-order valence-corrected chi connectivity index (χ2v) is 5.13. The molecule has 0 spiro atoms. The summed E-state index contributed by atoms with van der Waals surface area (Å²) < 4.78 is 18.3. The Morgan fingerprint density at radius 3 is 2.63 bits per heavy atom. The number of hydrogen-bond donors (Lipinski definition) is 0. The average molecular weight is 262 g/mol. The van der Waals surface area contributed by atoms with Crippen molar-refractivity contribution in [3.8, 4) is 0 Å². The maximum Gasteiger partial charge on any atom is 0.188 e. The summed E-state index contributed by atoms with van der Waals surface area (Å²) in [7, 11) is 0. The van der Waals surface area contributed by atoms with E-state index in [9.17, 15) is 9.18 Å². The zero-order valence-electron chi connectivity index (χ0n) is 11.1. The van der Waals surface area contributed by atoms with Gasteiger partial charge in [0.1, 0.15) is 12.4 Å². The van der Waals surface area contributed by atoms with Crippen molar-refractivity contribution in [1.82, 2.24) is 0 Å². The van der Waals surface area contributed by atoms with E-state index < -0.39 is 0 Å². The summed E-state index contributed by atoms with van der Waals surface area (Å²) in [5, 5.41) is 0. The molecule has 1 aromatic rings. The van der Waals surface area contributed by atoms with Crippen molar-refractivity contribution >= 4 is 5.78 Å². The zero-order valence-corrected chi connectivity index (χ0v) is 11.1. The number of allylic oxidation sites excluding steroid dienone is 2. The van der Waals surface area contributed by atoms with Crippen molar-refractivity contribution in [2.45, 2.75) is 19.8 Å². The maximum atomic E-state index is 12.7. The van der Waals surface area contributed by atoms with E-state index in [0.717, 1.165) is 12.8 Å². The third kappa shape index (κ3) is 4.00. The van der Waals surface area contributed by atoms with Crippen LogP contribution in [0.15, 0.2) is 36.4 Å². The lowest BCUT2D eigenvalue weighted by Gasteiger charge is -2.24. The van der Waals surface area contributed by atoms with Gasteiger partial charge in [0.15, 0.2) is 5.78 Å². The summed E-state index contributed by atoms with van der Waals surface area (Å²) in [4.78, 5) is 11.8. The van der Waals surface area contributed by atoms with E-state index >= 15 is 0 Å². The molecule has 19 heavy (non-hydrogen) atoms. The summed E-state index contributed by atoms with van der Waals surface area (Å²) in [5.74, 6) is 0.663. The van der Waals surface area contributed by atoms with Gasteiger partial charge in [-0.3, -0.25) is 4.79 Å². The van der Waals surface area contributed by atoms with Gasteiger partial charge in [0.2, 0.25) is 0 Å². The van der Waals surface area contributed by atoms with Gasteiger partial charge in [-0.05, 0) is 48.9 Å². The highest BCUT2D eigenvalue weighted by Crippen LogP contribution is 2.25. The van der Waals surface area contributed by atoms with Crippen LogP contribution < -0.4 is 0 Å². The Morgan fingerprint density at radius 1 is 1.26 bits per heavy atom. The Hall–Kier alpha value is -1.48. The second kappa shape index (κ2) is 6.62. The molecule has 1 aliphatic carbocycles. The molecular weight excluding hydrogens is 243 g/mol. The van der Waals surface area contributed by atoms with Gasteiger partial charge in [0.25, 0.3) is 0 Å². The lowest BCUT2D eigenvalue weighted by Crippen LogP contribution is -2.21. The summed E-state index contributed by atoms with van der Waals surface area (Å²) in [6, 6.07) is 5.57. The molecule has 2 nitrogen and oxygen atoms in total. The number of halogens is 1. The third-order valence-corrected chi connectivity index (χ3v) is 3.65. The summed E-state index contributed by atoms with van der Waals surface area (Å²) in [5.41, 5.74) is 0.498. The molecule has 0 heterocycles. The molecule has 0 aliphatic heterocycles. The first-order chi connectivity index (χ1) is 9.16. The van der Waals surface area contributed by atoms with Crippen molar-refractivity contribution < 1.29 is 13.9 Å². The first-order valence-corrected chi connectivity index (χ1v) is 6.68. The van der Waals surface area contributed by atoms with Crippen LogP contribution in [0.3, 0.4) is 0 Å². The average Bonchev–Trinajstić information content (AvgIpc) is 2.41. The molecule has 0 amide bonds. The Labute approximate surface area is 113 Å². The largest absolute Gasteiger partial charge is 0.373 e. The predicted octanol–water partition coefficient (Wildman–Crippen LogP) is 3.63. The van der Waals surface area contributed by atoms with E-state index in [-0.39, 0.29) is 18.2 Å². The quantitative estimate of drug-likeness (QED) is 0.598. The molecule has 0 aromatic heterocycles. The van der Waals surface area contributed by atoms with Crippen molar-refractivity contribution in [2.75, 3.05) is 13.2 Å². The molecule has 0 saturated carbocycles. The molecule has 0 fully saturated rings. The van der Waals surface area contributed by atoms with Crippen molar-refractivity contribution in [3.63, 3.8) is 0 Å². The van der Waals surface area contributed by atoms with Crippen LogP contribution in [0.25, 0.3) is 0 Å².